The predicted molar refractivity (Wildman–Crippen MR) is 85.4 cm³/mol. The van der Waals surface area contributed by atoms with Crippen molar-refractivity contribution in [1.29, 1.82) is 0 Å². The number of nitrogens with zero attached hydrogens (tertiary/aromatic N) is 2. The minimum absolute atomic E-state index is 0.127. The third-order valence-electron chi connectivity index (χ3n) is 3.56. The molecule has 0 fully saturated rings. The first-order valence-corrected chi connectivity index (χ1v) is 7.28. The van der Waals surface area contributed by atoms with Crippen molar-refractivity contribution >= 4 is 0 Å². The molecule has 0 saturated carbocycles. The van der Waals surface area contributed by atoms with E-state index in [9.17, 15) is 9.90 Å². The van der Waals surface area contributed by atoms with Crippen LogP contribution in [0.4, 0.5) is 0 Å². The first kappa shape index (κ1) is 16.2. The number of benzene rings is 1. The van der Waals surface area contributed by atoms with Crippen molar-refractivity contribution in [3.63, 3.8) is 0 Å². The fourth-order valence-corrected chi connectivity index (χ4v) is 2.29. The molecule has 0 aliphatic heterocycles. The standard InChI is InChI=1S/C17H22N2O3/c1-11-5-12(2)7-16(6-11)22-9-15(20)8-19-10-18-14(4)13(3)17(19)21/h5-7,10,15,20H,8-9H2,1-4H3/t15-/m1/s1. The van der Waals surface area contributed by atoms with Gasteiger partial charge in [-0.15, -0.1) is 0 Å². The van der Waals surface area contributed by atoms with Crippen molar-refractivity contribution in [2.24, 2.45) is 0 Å². The van der Waals surface area contributed by atoms with Gasteiger partial charge >= 0.3 is 0 Å². The molecule has 1 N–H and O–H groups in total. The SMILES string of the molecule is Cc1cc(C)cc(OC[C@H](O)Cn2cnc(C)c(C)c2=O)c1. The number of aryl methyl sites for hydroxylation is 3. The van der Waals surface area contributed by atoms with Gasteiger partial charge in [-0.3, -0.25) is 9.36 Å². The van der Waals surface area contributed by atoms with Crippen LogP contribution in [0.5, 0.6) is 5.75 Å². The zero-order valence-electron chi connectivity index (χ0n) is 13.5. The Hall–Kier alpha value is -2.14. The number of ether oxygens (including phenoxy) is 1. The number of hydrogen-bond acceptors (Lipinski definition) is 4. The van der Waals surface area contributed by atoms with Gasteiger partial charge in [0.1, 0.15) is 18.5 Å². The second-order valence-electron chi connectivity index (χ2n) is 5.70. The summed E-state index contributed by atoms with van der Waals surface area (Å²) < 4.78 is 7.02. The van der Waals surface area contributed by atoms with Crippen molar-refractivity contribution in [2.75, 3.05) is 6.61 Å². The lowest BCUT2D eigenvalue weighted by molar-refractivity contribution is 0.0912. The highest BCUT2D eigenvalue weighted by Crippen LogP contribution is 2.16. The van der Waals surface area contributed by atoms with Crippen LogP contribution < -0.4 is 10.3 Å². The summed E-state index contributed by atoms with van der Waals surface area (Å²) >= 11 is 0. The average molecular weight is 302 g/mol. The van der Waals surface area contributed by atoms with Gasteiger partial charge in [0.2, 0.25) is 0 Å². The molecule has 5 heteroatoms. The lowest BCUT2D eigenvalue weighted by Gasteiger charge is -2.15. The van der Waals surface area contributed by atoms with Gasteiger partial charge in [0.05, 0.1) is 12.9 Å². The molecule has 0 aliphatic rings. The molecule has 0 amide bonds. The molecule has 0 spiro atoms. The zero-order chi connectivity index (χ0) is 16.3. The minimum Gasteiger partial charge on any atom is -0.491 e. The van der Waals surface area contributed by atoms with E-state index in [0.29, 0.717) is 11.3 Å². The van der Waals surface area contributed by atoms with Crippen molar-refractivity contribution in [3.8, 4) is 5.75 Å². The molecule has 1 heterocycles. The van der Waals surface area contributed by atoms with Gasteiger partial charge in [-0.2, -0.15) is 0 Å². The molecule has 1 atom stereocenters. The monoisotopic (exact) mass is 302 g/mol. The number of aromatic nitrogens is 2. The maximum absolute atomic E-state index is 12.1. The first-order chi connectivity index (χ1) is 10.4. The van der Waals surface area contributed by atoms with E-state index in [0.717, 1.165) is 16.9 Å². The lowest BCUT2D eigenvalue weighted by Crippen LogP contribution is -2.31. The molecule has 0 aliphatic carbocycles. The molecule has 0 radical (unpaired) electrons. The summed E-state index contributed by atoms with van der Waals surface area (Å²) in [6.07, 6.45) is 0.687. The Morgan fingerprint density at radius 3 is 2.45 bits per heavy atom. The Morgan fingerprint density at radius 1 is 1.18 bits per heavy atom. The number of aliphatic hydroxyl groups is 1. The number of rotatable bonds is 5. The largest absolute Gasteiger partial charge is 0.491 e. The van der Waals surface area contributed by atoms with Crippen LogP contribution in [0.1, 0.15) is 22.4 Å². The zero-order valence-corrected chi connectivity index (χ0v) is 13.5. The molecule has 0 unspecified atom stereocenters. The van der Waals surface area contributed by atoms with E-state index in [1.54, 1.807) is 13.8 Å². The van der Waals surface area contributed by atoms with Crippen LogP contribution in [0, 0.1) is 27.7 Å². The maximum atomic E-state index is 12.1. The number of aliphatic hydroxyl groups excluding tert-OH is 1. The van der Waals surface area contributed by atoms with Crippen molar-refractivity contribution < 1.29 is 9.84 Å². The fourth-order valence-electron chi connectivity index (χ4n) is 2.29. The van der Waals surface area contributed by atoms with Crippen LogP contribution in [0.25, 0.3) is 0 Å². The topological polar surface area (TPSA) is 64.3 Å². The molecule has 1 aromatic heterocycles. The highest BCUT2D eigenvalue weighted by molar-refractivity contribution is 5.33. The van der Waals surface area contributed by atoms with Gasteiger partial charge < -0.3 is 9.84 Å². The maximum Gasteiger partial charge on any atom is 0.256 e. The lowest BCUT2D eigenvalue weighted by atomic mass is 10.1. The van der Waals surface area contributed by atoms with Crippen molar-refractivity contribution in [2.45, 2.75) is 40.3 Å². The Bertz CT molecular complexity index is 702. The Balaban J connectivity index is 2.00. The van der Waals surface area contributed by atoms with E-state index >= 15 is 0 Å². The highest BCUT2D eigenvalue weighted by atomic mass is 16.5. The molecule has 118 valence electrons. The minimum atomic E-state index is -0.776. The highest BCUT2D eigenvalue weighted by Gasteiger charge is 2.10. The Labute approximate surface area is 130 Å². The molecule has 2 aromatic rings. The first-order valence-electron chi connectivity index (χ1n) is 7.28. The molecule has 0 bridgehead atoms. The second-order valence-corrected chi connectivity index (χ2v) is 5.70. The Kier molecular flexibility index (Phi) is 4.98. The van der Waals surface area contributed by atoms with E-state index in [1.807, 2.05) is 26.0 Å². The van der Waals surface area contributed by atoms with Gasteiger partial charge in [-0.05, 0) is 51.0 Å². The second kappa shape index (κ2) is 6.75. The molecule has 2 rings (SSSR count). The summed E-state index contributed by atoms with van der Waals surface area (Å²) in [5.41, 5.74) is 3.41. The summed E-state index contributed by atoms with van der Waals surface area (Å²) in [7, 11) is 0. The molecular weight excluding hydrogens is 280 g/mol. The number of hydrogen-bond donors (Lipinski definition) is 1. The van der Waals surface area contributed by atoms with Crippen LogP contribution in [0.3, 0.4) is 0 Å². The molecule has 1 aromatic carbocycles. The van der Waals surface area contributed by atoms with E-state index in [-0.39, 0.29) is 18.7 Å². The fraction of sp³-hybridized carbons (Fsp3) is 0.412. The normalized spacial score (nSPS) is 12.2. The van der Waals surface area contributed by atoms with E-state index in [2.05, 4.69) is 11.1 Å². The molecule has 5 nitrogen and oxygen atoms in total. The summed E-state index contributed by atoms with van der Waals surface area (Å²) in [4.78, 5) is 16.2. The van der Waals surface area contributed by atoms with Crippen LogP contribution >= 0.6 is 0 Å². The van der Waals surface area contributed by atoms with Gasteiger partial charge in [-0.1, -0.05) is 6.07 Å². The quantitative estimate of drug-likeness (QED) is 0.916. The van der Waals surface area contributed by atoms with Crippen LogP contribution in [-0.2, 0) is 6.54 Å². The van der Waals surface area contributed by atoms with Gasteiger partial charge in [-0.25, -0.2) is 4.98 Å². The van der Waals surface area contributed by atoms with Crippen molar-refractivity contribution in [3.05, 3.63) is 57.3 Å². The molecule has 0 saturated heterocycles. The van der Waals surface area contributed by atoms with Gasteiger partial charge in [0.25, 0.3) is 5.56 Å². The van der Waals surface area contributed by atoms with Crippen LogP contribution in [0.2, 0.25) is 0 Å². The molecule has 22 heavy (non-hydrogen) atoms. The van der Waals surface area contributed by atoms with E-state index < -0.39 is 6.10 Å². The predicted octanol–water partition coefficient (Wildman–Crippen LogP) is 1.92. The third kappa shape index (κ3) is 3.95. The van der Waals surface area contributed by atoms with Crippen molar-refractivity contribution in [1.82, 2.24) is 9.55 Å². The third-order valence-corrected chi connectivity index (χ3v) is 3.56. The molecular formula is C17H22N2O3. The average Bonchev–Trinajstić information content (AvgIpc) is 2.45. The van der Waals surface area contributed by atoms with Crippen LogP contribution in [-0.4, -0.2) is 27.4 Å². The van der Waals surface area contributed by atoms with Gasteiger partial charge in [0.15, 0.2) is 0 Å². The van der Waals surface area contributed by atoms with E-state index in [4.69, 9.17) is 4.74 Å². The summed E-state index contributed by atoms with van der Waals surface area (Å²) in [5, 5.41) is 10.1. The summed E-state index contributed by atoms with van der Waals surface area (Å²) in [5.74, 6) is 0.724. The summed E-state index contributed by atoms with van der Waals surface area (Å²) in [6.45, 7) is 7.81. The van der Waals surface area contributed by atoms with Gasteiger partial charge in [0, 0.05) is 11.3 Å². The van der Waals surface area contributed by atoms with E-state index in [1.165, 1.54) is 10.9 Å². The smallest absolute Gasteiger partial charge is 0.256 e. The van der Waals surface area contributed by atoms with Crippen LogP contribution in [0.15, 0.2) is 29.3 Å². The Morgan fingerprint density at radius 2 is 1.82 bits per heavy atom. The summed E-state index contributed by atoms with van der Waals surface area (Å²) in [6, 6.07) is 5.90.